The standard InChI is InChI=1S/C23H19FN4O2/c1-28-19-14-8-5-11-16(19)20(15-9-3-2-4-10-15)26-21(22(28)29)27-23(30)25-18-13-7-6-12-17(18)24/h2-14,21H,1H3,(H2,25,27,30)/t21-/m0/s1. The molecule has 0 saturated heterocycles. The molecule has 3 aromatic rings. The van der Waals surface area contributed by atoms with Gasteiger partial charge in [-0.15, -0.1) is 0 Å². The minimum absolute atomic E-state index is 0.0139. The molecule has 0 radical (unpaired) electrons. The third kappa shape index (κ3) is 3.77. The second-order valence-electron chi connectivity index (χ2n) is 6.74. The molecular formula is C23H19FN4O2. The number of hydrogen-bond donors (Lipinski definition) is 2. The van der Waals surface area contributed by atoms with Crippen molar-refractivity contribution in [3.63, 3.8) is 0 Å². The van der Waals surface area contributed by atoms with Crippen LogP contribution in [0.1, 0.15) is 11.1 Å². The van der Waals surface area contributed by atoms with Gasteiger partial charge in [-0.05, 0) is 18.2 Å². The number of halogens is 1. The maximum absolute atomic E-state index is 13.8. The summed E-state index contributed by atoms with van der Waals surface area (Å²) in [7, 11) is 1.63. The van der Waals surface area contributed by atoms with Crippen LogP contribution >= 0.6 is 0 Å². The Hall–Kier alpha value is -4.00. The first-order valence-corrected chi connectivity index (χ1v) is 9.37. The van der Waals surface area contributed by atoms with E-state index in [2.05, 4.69) is 15.6 Å². The van der Waals surface area contributed by atoms with Crippen LogP contribution < -0.4 is 15.5 Å². The van der Waals surface area contributed by atoms with Gasteiger partial charge in [0, 0.05) is 18.2 Å². The van der Waals surface area contributed by atoms with Gasteiger partial charge in [0.2, 0.25) is 6.17 Å². The largest absolute Gasteiger partial charge is 0.321 e. The monoisotopic (exact) mass is 402 g/mol. The topological polar surface area (TPSA) is 73.8 Å². The lowest BCUT2D eigenvalue weighted by molar-refractivity contribution is -0.119. The van der Waals surface area contributed by atoms with E-state index in [4.69, 9.17) is 0 Å². The molecule has 0 spiro atoms. The molecule has 0 saturated carbocycles. The third-order valence-corrected chi connectivity index (χ3v) is 4.78. The zero-order valence-electron chi connectivity index (χ0n) is 16.2. The number of hydrogen-bond acceptors (Lipinski definition) is 3. The van der Waals surface area contributed by atoms with Gasteiger partial charge in [-0.2, -0.15) is 0 Å². The molecule has 2 N–H and O–H groups in total. The second kappa shape index (κ2) is 8.16. The van der Waals surface area contributed by atoms with Gasteiger partial charge in [0.15, 0.2) is 0 Å². The number of fused-ring (bicyclic) bond motifs is 1. The molecule has 3 aromatic carbocycles. The van der Waals surface area contributed by atoms with Crippen molar-refractivity contribution in [1.29, 1.82) is 0 Å². The van der Waals surface area contributed by atoms with Crippen LogP contribution in [-0.2, 0) is 4.79 Å². The molecular weight excluding hydrogens is 383 g/mol. The number of para-hydroxylation sites is 2. The van der Waals surface area contributed by atoms with Gasteiger partial charge >= 0.3 is 6.03 Å². The van der Waals surface area contributed by atoms with Gasteiger partial charge in [0.05, 0.1) is 17.1 Å². The number of aliphatic imine (C=N–C) groups is 1. The summed E-state index contributed by atoms with van der Waals surface area (Å²) in [5.41, 5.74) is 2.87. The van der Waals surface area contributed by atoms with Crippen molar-refractivity contribution in [3.8, 4) is 0 Å². The van der Waals surface area contributed by atoms with Crippen LogP contribution in [0.3, 0.4) is 0 Å². The molecule has 0 aliphatic carbocycles. The molecule has 4 rings (SSSR count). The highest BCUT2D eigenvalue weighted by Gasteiger charge is 2.31. The van der Waals surface area contributed by atoms with E-state index in [0.717, 1.165) is 11.1 Å². The zero-order chi connectivity index (χ0) is 21.1. The van der Waals surface area contributed by atoms with E-state index in [9.17, 15) is 14.0 Å². The molecule has 0 fully saturated rings. The Balaban J connectivity index is 1.70. The predicted octanol–water partition coefficient (Wildman–Crippen LogP) is 3.79. The molecule has 1 heterocycles. The van der Waals surface area contributed by atoms with Gasteiger partial charge in [0.1, 0.15) is 5.82 Å². The van der Waals surface area contributed by atoms with Gasteiger partial charge < -0.3 is 15.5 Å². The Kier molecular flexibility index (Phi) is 5.26. The molecule has 3 amide bonds. The zero-order valence-corrected chi connectivity index (χ0v) is 16.2. The summed E-state index contributed by atoms with van der Waals surface area (Å²) in [6, 6.07) is 21.9. The number of rotatable bonds is 3. The first kappa shape index (κ1) is 19.3. The Morgan fingerprint density at radius 2 is 1.63 bits per heavy atom. The average Bonchev–Trinajstić information content (AvgIpc) is 2.87. The number of urea groups is 1. The number of nitrogens with zero attached hydrogens (tertiary/aromatic N) is 2. The van der Waals surface area contributed by atoms with Crippen LogP contribution in [0.2, 0.25) is 0 Å². The average molecular weight is 402 g/mol. The van der Waals surface area contributed by atoms with E-state index in [-0.39, 0.29) is 5.69 Å². The van der Waals surface area contributed by atoms with Gasteiger partial charge in [-0.1, -0.05) is 60.7 Å². The molecule has 0 unspecified atom stereocenters. The van der Waals surface area contributed by atoms with Crippen LogP contribution in [0.5, 0.6) is 0 Å². The fourth-order valence-corrected chi connectivity index (χ4v) is 3.29. The summed E-state index contributed by atoms with van der Waals surface area (Å²) >= 11 is 0. The van der Waals surface area contributed by atoms with Gasteiger partial charge in [-0.3, -0.25) is 4.79 Å². The Morgan fingerprint density at radius 1 is 0.967 bits per heavy atom. The Labute approximate surface area is 173 Å². The summed E-state index contributed by atoms with van der Waals surface area (Å²) in [6.07, 6.45) is -1.18. The fourth-order valence-electron chi connectivity index (χ4n) is 3.29. The number of nitrogens with one attached hydrogen (secondary N) is 2. The Morgan fingerprint density at radius 3 is 2.40 bits per heavy atom. The maximum atomic E-state index is 13.8. The lowest BCUT2D eigenvalue weighted by Gasteiger charge is -2.21. The minimum atomic E-state index is -1.18. The molecule has 0 aromatic heterocycles. The van der Waals surface area contributed by atoms with Gasteiger partial charge in [0.25, 0.3) is 5.91 Å². The summed E-state index contributed by atoms with van der Waals surface area (Å²) in [6.45, 7) is 0. The number of carbonyl (C=O) groups excluding carboxylic acids is 2. The van der Waals surface area contributed by atoms with Gasteiger partial charge in [-0.25, -0.2) is 14.2 Å². The first-order chi connectivity index (χ1) is 14.5. The van der Waals surface area contributed by atoms with Crippen molar-refractivity contribution < 1.29 is 14.0 Å². The number of benzodiazepines with no additional fused rings is 1. The fraction of sp³-hybridized carbons (Fsp3) is 0.0870. The predicted molar refractivity (Wildman–Crippen MR) is 114 cm³/mol. The Bertz CT molecular complexity index is 1130. The summed E-state index contributed by atoms with van der Waals surface area (Å²) in [5, 5.41) is 4.98. The quantitative estimate of drug-likeness (QED) is 0.700. The lowest BCUT2D eigenvalue weighted by atomic mass is 10.0. The first-order valence-electron chi connectivity index (χ1n) is 9.37. The van der Waals surface area contributed by atoms with Crippen molar-refractivity contribution in [3.05, 3.63) is 95.8 Å². The smallest absolute Gasteiger partial charge is 0.311 e. The number of amides is 3. The second-order valence-corrected chi connectivity index (χ2v) is 6.74. The van der Waals surface area contributed by atoms with Crippen LogP contribution in [0.4, 0.5) is 20.6 Å². The van der Waals surface area contributed by atoms with E-state index >= 15 is 0 Å². The van der Waals surface area contributed by atoms with E-state index in [0.29, 0.717) is 11.4 Å². The van der Waals surface area contributed by atoms with Crippen LogP contribution in [0.15, 0.2) is 83.9 Å². The highest BCUT2D eigenvalue weighted by atomic mass is 19.1. The van der Waals surface area contributed by atoms with Crippen molar-refractivity contribution in [2.45, 2.75) is 6.17 Å². The minimum Gasteiger partial charge on any atom is -0.311 e. The van der Waals surface area contributed by atoms with Crippen LogP contribution in [0, 0.1) is 5.82 Å². The molecule has 1 aliphatic rings. The molecule has 0 bridgehead atoms. The highest BCUT2D eigenvalue weighted by Crippen LogP contribution is 2.27. The maximum Gasteiger partial charge on any atom is 0.321 e. The lowest BCUT2D eigenvalue weighted by Crippen LogP contribution is -2.47. The molecule has 1 aliphatic heterocycles. The van der Waals surface area contributed by atoms with Crippen molar-refractivity contribution in [1.82, 2.24) is 5.32 Å². The van der Waals surface area contributed by atoms with Crippen molar-refractivity contribution >= 4 is 29.0 Å². The van der Waals surface area contributed by atoms with Crippen LogP contribution in [-0.4, -0.2) is 30.9 Å². The third-order valence-electron chi connectivity index (χ3n) is 4.78. The number of likely N-dealkylation sites (N-methyl/N-ethyl adjacent to an activating group) is 1. The molecule has 6 nitrogen and oxygen atoms in total. The SMILES string of the molecule is CN1C(=O)[C@H](NC(=O)Nc2ccccc2F)N=C(c2ccccc2)c2ccccc21. The molecule has 1 atom stereocenters. The summed E-state index contributed by atoms with van der Waals surface area (Å²) in [4.78, 5) is 31.6. The van der Waals surface area contributed by atoms with E-state index in [1.54, 1.807) is 13.1 Å². The molecule has 30 heavy (non-hydrogen) atoms. The number of anilines is 2. The number of benzene rings is 3. The summed E-state index contributed by atoms with van der Waals surface area (Å²) < 4.78 is 13.8. The molecule has 150 valence electrons. The molecule has 7 heteroatoms. The van der Waals surface area contributed by atoms with Crippen molar-refractivity contribution in [2.75, 3.05) is 17.3 Å². The summed E-state index contributed by atoms with van der Waals surface area (Å²) in [5.74, 6) is -0.977. The number of carbonyl (C=O) groups is 2. The van der Waals surface area contributed by atoms with E-state index in [1.807, 2.05) is 54.6 Å². The van der Waals surface area contributed by atoms with E-state index < -0.39 is 23.9 Å². The normalized spacial score (nSPS) is 15.7. The van der Waals surface area contributed by atoms with E-state index in [1.165, 1.54) is 23.1 Å². The highest BCUT2D eigenvalue weighted by molar-refractivity contribution is 6.20. The van der Waals surface area contributed by atoms with Crippen LogP contribution in [0.25, 0.3) is 0 Å². The van der Waals surface area contributed by atoms with Crippen molar-refractivity contribution in [2.24, 2.45) is 4.99 Å².